The molecule has 1 aromatic rings. The van der Waals surface area contributed by atoms with Gasteiger partial charge in [-0.3, -0.25) is 0 Å². The molecule has 2 rings (SSSR count). The van der Waals surface area contributed by atoms with Gasteiger partial charge < -0.3 is 15.2 Å². The monoisotopic (exact) mass is 281 g/mol. The number of hydrogen-bond acceptors (Lipinski definition) is 3. The third kappa shape index (κ3) is 4.46. The topological polar surface area (TPSA) is 41.5 Å². The van der Waals surface area contributed by atoms with Gasteiger partial charge in [0.05, 0.1) is 0 Å². The molecule has 1 atom stereocenters. The zero-order chi connectivity index (χ0) is 14.4. The maximum atomic E-state index is 13.3. The van der Waals surface area contributed by atoms with Crippen LogP contribution in [0.3, 0.4) is 0 Å². The van der Waals surface area contributed by atoms with Gasteiger partial charge in [0.1, 0.15) is 12.7 Å². The largest absolute Gasteiger partial charge is 0.488 e. The van der Waals surface area contributed by atoms with E-state index >= 15 is 0 Å². The first kappa shape index (κ1) is 15.3. The molecule has 1 unspecified atom stereocenters. The molecule has 20 heavy (non-hydrogen) atoms. The summed E-state index contributed by atoms with van der Waals surface area (Å²) in [5.74, 6) is -0.205. The van der Waals surface area contributed by atoms with Crippen LogP contribution in [0.25, 0.3) is 0 Å². The zero-order valence-electron chi connectivity index (χ0n) is 12.1. The molecule has 0 amide bonds. The van der Waals surface area contributed by atoms with Gasteiger partial charge in [-0.1, -0.05) is 25.5 Å². The van der Waals surface area contributed by atoms with Gasteiger partial charge in [-0.2, -0.15) is 0 Å². The van der Waals surface area contributed by atoms with Crippen LogP contribution in [0.15, 0.2) is 24.3 Å². The Balaban J connectivity index is 1.63. The van der Waals surface area contributed by atoms with E-state index in [9.17, 15) is 9.50 Å². The summed E-state index contributed by atoms with van der Waals surface area (Å²) < 4.78 is 18.6. The van der Waals surface area contributed by atoms with Crippen molar-refractivity contribution in [2.24, 2.45) is 5.41 Å². The van der Waals surface area contributed by atoms with E-state index in [-0.39, 0.29) is 12.4 Å². The van der Waals surface area contributed by atoms with Crippen molar-refractivity contribution in [3.05, 3.63) is 30.1 Å². The number of halogens is 1. The van der Waals surface area contributed by atoms with Crippen LogP contribution in [-0.2, 0) is 0 Å². The first-order valence-electron chi connectivity index (χ1n) is 7.41. The molecule has 112 valence electrons. The Morgan fingerprint density at radius 2 is 2.15 bits per heavy atom. The highest BCUT2D eigenvalue weighted by molar-refractivity contribution is 5.23. The summed E-state index contributed by atoms with van der Waals surface area (Å²) in [5, 5.41) is 13.1. The van der Waals surface area contributed by atoms with E-state index in [1.54, 1.807) is 18.2 Å². The number of para-hydroxylation sites is 1. The molecule has 0 bridgehead atoms. The molecule has 1 aliphatic carbocycles. The van der Waals surface area contributed by atoms with Crippen LogP contribution in [0.1, 0.15) is 32.6 Å². The first-order chi connectivity index (χ1) is 9.65. The van der Waals surface area contributed by atoms with Crippen LogP contribution in [0.2, 0.25) is 0 Å². The van der Waals surface area contributed by atoms with Gasteiger partial charge in [0.25, 0.3) is 0 Å². The Hall–Kier alpha value is -1.13. The highest BCUT2D eigenvalue weighted by Gasteiger charge is 2.40. The lowest BCUT2D eigenvalue weighted by atomic mass is 10.0. The van der Waals surface area contributed by atoms with Crippen LogP contribution < -0.4 is 10.1 Å². The summed E-state index contributed by atoms with van der Waals surface area (Å²) in [4.78, 5) is 0. The summed E-state index contributed by atoms with van der Waals surface area (Å²) in [6.45, 7) is 3.75. The van der Waals surface area contributed by atoms with Crippen LogP contribution >= 0.6 is 0 Å². The maximum Gasteiger partial charge on any atom is 0.165 e. The van der Waals surface area contributed by atoms with Crippen molar-refractivity contribution in [1.82, 2.24) is 5.32 Å². The van der Waals surface area contributed by atoms with E-state index in [0.29, 0.717) is 12.0 Å². The van der Waals surface area contributed by atoms with Crippen molar-refractivity contribution >= 4 is 0 Å². The average Bonchev–Trinajstić information content (AvgIpc) is 3.18. The third-order valence-electron chi connectivity index (χ3n) is 3.89. The van der Waals surface area contributed by atoms with Crippen molar-refractivity contribution in [3.8, 4) is 5.75 Å². The van der Waals surface area contributed by atoms with Crippen molar-refractivity contribution in [2.45, 2.75) is 38.7 Å². The second kappa shape index (κ2) is 7.04. The minimum atomic E-state index is -0.618. The van der Waals surface area contributed by atoms with Crippen LogP contribution in [0, 0.1) is 11.2 Å². The number of rotatable bonds is 9. The molecular weight excluding hydrogens is 257 g/mol. The maximum absolute atomic E-state index is 13.3. The Labute approximate surface area is 120 Å². The molecular formula is C16H24FNO2. The molecule has 2 N–H and O–H groups in total. The van der Waals surface area contributed by atoms with Crippen molar-refractivity contribution in [1.29, 1.82) is 0 Å². The smallest absolute Gasteiger partial charge is 0.165 e. The lowest BCUT2D eigenvalue weighted by Gasteiger charge is -2.17. The van der Waals surface area contributed by atoms with E-state index < -0.39 is 11.9 Å². The predicted molar refractivity (Wildman–Crippen MR) is 77.3 cm³/mol. The number of hydrogen-bond donors (Lipinski definition) is 2. The Morgan fingerprint density at radius 3 is 2.80 bits per heavy atom. The van der Waals surface area contributed by atoms with Gasteiger partial charge in [0.15, 0.2) is 11.6 Å². The molecule has 0 aliphatic heterocycles. The fourth-order valence-corrected chi connectivity index (χ4v) is 2.53. The van der Waals surface area contributed by atoms with E-state index in [4.69, 9.17) is 4.74 Å². The summed E-state index contributed by atoms with van der Waals surface area (Å²) in [6, 6.07) is 6.24. The predicted octanol–water partition coefficient (Wildman–Crippen LogP) is 2.74. The fourth-order valence-electron chi connectivity index (χ4n) is 2.53. The van der Waals surface area contributed by atoms with E-state index in [0.717, 1.165) is 6.54 Å². The van der Waals surface area contributed by atoms with E-state index in [2.05, 4.69) is 12.2 Å². The number of aliphatic hydroxyl groups is 1. The van der Waals surface area contributed by atoms with Crippen LogP contribution in [0.4, 0.5) is 4.39 Å². The highest BCUT2D eigenvalue weighted by atomic mass is 19.1. The molecule has 4 heteroatoms. The quantitative estimate of drug-likeness (QED) is 0.731. The zero-order valence-corrected chi connectivity index (χ0v) is 12.1. The SMILES string of the molecule is CCCC1(CNCC(O)COc2ccccc2F)CC1. The highest BCUT2D eigenvalue weighted by Crippen LogP contribution is 2.48. The van der Waals surface area contributed by atoms with Gasteiger partial charge >= 0.3 is 0 Å². The lowest BCUT2D eigenvalue weighted by molar-refractivity contribution is 0.103. The van der Waals surface area contributed by atoms with Gasteiger partial charge in [-0.25, -0.2) is 4.39 Å². The second-order valence-electron chi connectivity index (χ2n) is 5.78. The van der Waals surface area contributed by atoms with Gasteiger partial charge in [0.2, 0.25) is 0 Å². The molecule has 0 heterocycles. The lowest BCUT2D eigenvalue weighted by Crippen LogP contribution is -2.34. The van der Waals surface area contributed by atoms with Crippen molar-refractivity contribution < 1.29 is 14.2 Å². The number of nitrogens with one attached hydrogen (secondary N) is 1. The Kier molecular flexibility index (Phi) is 5.38. The molecule has 1 saturated carbocycles. The summed E-state index contributed by atoms with van der Waals surface area (Å²) >= 11 is 0. The minimum Gasteiger partial charge on any atom is -0.488 e. The molecule has 1 aliphatic rings. The normalized spacial score (nSPS) is 17.8. The molecule has 1 fully saturated rings. The van der Waals surface area contributed by atoms with Gasteiger partial charge in [-0.05, 0) is 36.8 Å². The first-order valence-corrected chi connectivity index (χ1v) is 7.41. The molecule has 0 spiro atoms. The molecule has 0 aromatic heterocycles. The minimum absolute atomic E-state index is 0.106. The van der Waals surface area contributed by atoms with Crippen LogP contribution in [0.5, 0.6) is 5.75 Å². The van der Waals surface area contributed by atoms with Crippen molar-refractivity contribution in [3.63, 3.8) is 0 Å². The second-order valence-corrected chi connectivity index (χ2v) is 5.78. The van der Waals surface area contributed by atoms with Gasteiger partial charge in [0, 0.05) is 13.1 Å². The summed E-state index contributed by atoms with van der Waals surface area (Å²) in [7, 11) is 0. The number of aliphatic hydroxyl groups excluding tert-OH is 1. The van der Waals surface area contributed by atoms with E-state index in [1.807, 2.05) is 0 Å². The summed E-state index contributed by atoms with van der Waals surface area (Å²) in [5.41, 5.74) is 0.473. The molecule has 0 radical (unpaired) electrons. The van der Waals surface area contributed by atoms with Crippen LogP contribution in [-0.4, -0.2) is 30.9 Å². The van der Waals surface area contributed by atoms with Gasteiger partial charge in [-0.15, -0.1) is 0 Å². The molecule has 3 nitrogen and oxygen atoms in total. The fraction of sp³-hybridized carbons (Fsp3) is 0.625. The standard InChI is InChI=1S/C16H24FNO2/c1-2-7-16(8-9-16)12-18-10-13(19)11-20-15-6-4-3-5-14(15)17/h3-6,13,18-19H,2,7-12H2,1H3. The van der Waals surface area contributed by atoms with Crippen molar-refractivity contribution in [2.75, 3.05) is 19.7 Å². The number of benzene rings is 1. The Morgan fingerprint density at radius 1 is 1.40 bits per heavy atom. The number of ether oxygens (including phenoxy) is 1. The Bertz CT molecular complexity index is 421. The average molecular weight is 281 g/mol. The molecule has 1 aromatic carbocycles. The molecule has 0 saturated heterocycles. The van der Waals surface area contributed by atoms with E-state index in [1.165, 1.54) is 31.7 Å². The summed E-state index contributed by atoms with van der Waals surface area (Å²) in [6.07, 6.45) is 4.42. The third-order valence-corrected chi connectivity index (χ3v) is 3.89.